The Kier molecular flexibility index (Phi) is 7.03. The van der Waals surface area contributed by atoms with Gasteiger partial charge in [-0.15, -0.1) is 23.7 Å². The maximum Gasteiger partial charge on any atom is 0.354 e. The van der Waals surface area contributed by atoms with Crippen LogP contribution < -0.4 is 10.6 Å². The highest BCUT2D eigenvalue weighted by Gasteiger charge is 2.12. The topological polar surface area (TPSA) is 96.1 Å². The van der Waals surface area contributed by atoms with E-state index in [0.29, 0.717) is 29.5 Å². The minimum Gasteiger partial charge on any atom is -0.464 e. The summed E-state index contributed by atoms with van der Waals surface area (Å²) in [7, 11) is 3.12. The van der Waals surface area contributed by atoms with Gasteiger partial charge in [-0.3, -0.25) is 4.79 Å². The molecule has 0 radical (unpaired) electrons. The van der Waals surface area contributed by atoms with Crippen molar-refractivity contribution in [3.63, 3.8) is 0 Å². The van der Waals surface area contributed by atoms with Crippen molar-refractivity contribution in [2.75, 3.05) is 26.0 Å². The molecule has 0 atom stereocenters. The van der Waals surface area contributed by atoms with E-state index >= 15 is 0 Å². The summed E-state index contributed by atoms with van der Waals surface area (Å²) < 4.78 is 4.63. The van der Waals surface area contributed by atoms with Crippen LogP contribution >= 0.6 is 23.7 Å². The van der Waals surface area contributed by atoms with Crippen LogP contribution in [-0.4, -0.2) is 42.5 Å². The van der Waals surface area contributed by atoms with E-state index in [4.69, 9.17) is 0 Å². The molecule has 2 aromatic rings. The van der Waals surface area contributed by atoms with E-state index in [1.807, 2.05) is 5.38 Å². The van der Waals surface area contributed by atoms with Crippen LogP contribution in [-0.2, 0) is 9.53 Å². The van der Waals surface area contributed by atoms with Gasteiger partial charge in [-0.25, -0.2) is 9.78 Å². The van der Waals surface area contributed by atoms with Crippen LogP contribution in [0.1, 0.15) is 16.9 Å². The summed E-state index contributed by atoms with van der Waals surface area (Å²) in [4.78, 5) is 30.1. The molecule has 2 aromatic heterocycles. The molecule has 0 fully saturated rings. The molecule has 0 aromatic carbocycles. The summed E-state index contributed by atoms with van der Waals surface area (Å²) in [6, 6.07) is 1.66. The SMILES string of the molecule is CNCCC(=O)Nc1nc(-c2c[nH]c(C(=O)OC)c2)cs1.Cl. The number of thiazole rings is 1. The third-order valence-electron chi connectivity index (χ3n) is 2.74. The number of H-pyrrole nitrogens is 1. The van der Waals surface area contributed by atoms with Crippen LogP contribution in [0.3, 0.4) is 0 Å². The smallest absolute Gasteiger partial charge is 0.354 e. The van der Waals surface area contributed by atoms with Crippen molar-refractivity contribution in [2.24, 2.45) is 0 Å². The van der Waals surface area contributed by atoms with E-state index in [9.17, 15) is 9.59 Å². The number of aromatic amines is 1. The third kappa shape index (κ3) is 4.55. The lowest BCUT2D eigenvalue weighted by atomic mass is 10.2. The molecule has 120 valence electrons. The highest BCUT2D eigenvalue weighted by Crippen LogP contribution is 2.25. The van der Waals surface area contributed by atoms with Crippen LogP contribution in [0.4, 0.5) is 5.13 Å². The van der Waals surface area contributed by atoms with Crippen molar-refractivity contribution in [1.82, 2.24) is 15.3 Å². The molecule has 0 spiro atoms. The minimum absolute atomic E-state index is 0. The second-order valence-electron chi connectivity index (χ2n) is 4.23. The van der Waals surface area contributed by atoms with Crippen molar-refractivity contribution < 1.29 is 14.3 Å². The van der Waals surface area contributed by atoms with Gasteiger partial charge in [0.2, 0.25) is 5.91 Å². The first kappa shape index (κ1) is 18.1. The van der Waals surface area contributed by atoms with E-state index < -0.39 is 5.97 Å². The zero-order valence-electron chi connectivity index (χ0n) is 12.1. The van der Waals surface area contributed by atoms with E-state index in [-0.39, 0.29) is 18.3 Å². The second-order valence-corrected chi connectivity index (χ2v) is 5.09. The number of nitrogens with zero attached hydrogens (tertiary/aromatic N) is 1. The van der Waals surface area contributed by atoms with Gasteiger partial charge in [0.05, 0.1) is 12.8 Å². The van der Waals surface area contributed by atoms with Gasteiger partial charge in [0, 0.05) is 30.1 Å². The van der Waals surface area contributed by atoms with Crippen molar-refractivity contribution in [1.29, 1.82) is 0 Å². The Balaban J connectivity index is 0.00000242. The van der Waals surface area contributed by atoms with E-state index in [2.05, 4.69) is 25.3 Å². The fourth-order valence-corrected chi connectivity index (χ4v) is 2.39. The maximum absolute atomic E-state index is 11.6. The Hall–Kier alpha value is -1.90. The largest absolute Gasteiger partial charge is 0.464 e. The summed E-state index contributed by atoms with van der Waals surface area (Å²) >= 11 is 1.34. The molecule has 9 heteroatoms. The summed E-state index contributed by atoms with van der Waals surface area (Å²) in [6.07, 6.45) is 2.07. The number of methoxy groups -OCH3 is 1. The average Bonchev–Trinajstić information content (AvgIpc) is 3.13. The van der Waals surface area contributed by atoms with Gasteiger partial charge in [0.1, 0.15) is 5.69 Å². The predicted octanol–water partition coefficient (Wildman–Crippen LogP) is 1.89. The fourth-order valence-electron chi connectivity index (χ4n) is 1.65. The Bertz CT molecular complexity index is 641. The number of nitrogens with one attached hydrogen (secondary N) is 3. The van der Waals surface area contributed by atoms with Crippen molar-refractivity contribution in [3.8, 4) is 11.3 Å². The van der Waals surface area contributed by atoms with Gasteiger partial charge in [-0.2, -0.15) is 0 Å². The number of esters is 1. The highest BCUT2D eigenvalue weighted by atomic mass is 35.5. The van der Waals surface area contributed by atoms with Crippen LogP contribution in [0, 0.1) is 0 Å². The second kappa shape index (κ2) is 8.52. The zero-order valence-corrected chi connectivity index (χ0v) is 13.8. The molecular formula is C13H17ClN4O3S. The monoisotopic (exact) mass is 344 g/mol. The summed E-state index contributed by atoms with van der Waals surface area (Å²) in [5, 5.41) is 7.99. The van der Waals surface area contributed by atoms with Crippen LogP contribution in [0.25, 0.3) is 11.3 Å². The number of halogens is 1. The molecule has 2 heterocycles. The molecule has 0 bridgehead atoms. The molecular weight excluding hydrogens is 328 g/mol. The van der Waals surface area contributed by atoms with Crippen LogP contribution in [0.2, 0.25) is 0 Å². The molecule has 3 N–H and O–H groups in total. The lowest BCUT2D eigenvalue weighted by Crippen LogP contribution is -2.18. The van der Waals surface area contributed by atoms with Gasteiger partial charge < -0.3 is 20.4 Å². The van der Waals surface area contributed by atoms with Gasteiger partial charge in [0.15, 0.2) is 5.13 Å². The summed E-state index contributed by atoms with van der Waals surface area (Å²) in [5.74, 6) is -0.522. The van der Waals surface area contributed by atoms with E-state index in [1.165, 1.54) is 18.4 Å². The van der Waals surface area contributed by atoms with Crippen molar-refractivity contribution >= 4 is 40.8 Å². The van der Waals surface area contributed by atoms with Crippen molar-refractivity contribution in [3.05, 3.63) is 23.3 Å². The first-order chi connectivity index (χ1) is 10.1. The van der Waals surface area contributed by atoms with Gasteiger partial charge >= 0.3 is 5.97 Å². The molecule has 7 nitrogen and oxygen atoms in total. The third-order valence-corrected chi connectivity index (χ3v) is 3.49. The number of anilines is 1. The molecule has 0 aliphatic carbocycles. The highest BCUT2D eigenvalue weighted by molar-refractivity contribution is 7.14. The normalized spacial score (nSPS) is 9.91. The molecule has 0 aliphatic rings. The Morgan fingerprint density at radius 2 is 2.23 bits per heavy atom. The number of carbonyl (C=O) groups excluding carboxylic acids is 2. The minimum atomic E-state index is -0.433. The van der Waals surface area contributed by atoms with Gasteiger partial charge in [-0.1, -0.05) is 0 Å². The molecule has 0 saturated heterocycles. The first-order valence-electron chi connectivity index (χ1n) is 6.31. The number of amides is 1. The average molecular weight is 345 g/mol. The van der Waals surface area contributed by atoms with Crippen LogP contribution in [0.15, 0.2) is 17.6 Å². The molecule has 1 amide bonds. The maximum atomic E-state index is 11.6. The molecule has 0 saturated carbocycles. The lowest BCUT2D eigenvalue weighted by Gasteiger charge is -2.00. The van der Waals surface area contributed by atoms with E-state index in [0.717, 1.165) is 5.56 Å². The number of rotatable bonds is 6. The Morgan fingerprint density at radius 3 is 2.91 bits per heavy atom. The van der Waals surface area contributed by atoms with Crippen LogP contribution in [0.5, 0.6) is 0 Å². The standard InChI is InChI=1S/C13H16N4O3S.ClH/c1-14-4-3-11(18)17-13-16-10(7-21-13)8-5-9(15-6-8)12(19)20-2;/h5-7,14-15H,3-4H2,1-2H3,(H,16,17,18);1H. The predicted molar refractivity (Wildman–Crippen MR) is 87.7 cm³/mol. The number of hydrogen-bond acceptors (Lipinski definition) is 6. The van der Waals surface area contributed by atoms with E-state index in [1.54, 1.807) is 19.3 Å². The number of carbonyl (C=O) groups is 2. The van der Waals surface area contributed by atoms with Crippen molar-refractivity contribution in [2.45, 2.75) is 6.42 Å². The quantitative estimate of drug-likeness (QED) is 0.695. The molecule has 22 heavy (non-hydrogen) atoms. The fraction of sp³-hybridized carbons (Fsp3) is 0.308. The zero-order chi connectivity index (χ0) is 15.2. The first-order valence-corrected chi connectivity index (χ1v) is 7.19. The van der Waals surface area contributed by atoms with Gasteiger partial charge in [0.25, 0.3) is 0 Å². The molecule has 2 rings (SSSR count). The Morgan fingerprint density at radius 1 is 1.45 bits per heavy atom. The molecule has 0 unspecified atom stereocenters. The Labute approximate surface area is 137 Å². The molecule has 0 aliphatic heterocycles. The summed E-state index contributed by atoms with van der Waals surface area (Å²) in [6.45, 7) is 0.615. The summed E-state index contributed by atoms with van der Waals surface area (Å²) in [5.41, 5.74) is 1.82. The number of hydrogen-bond donors (Lipinski definition) is 3. The number of ether oxygens (including phenoxy) is 1. The number of aromatic nitrogens is 2. The lowest BCUT2D eigenvalue weighted by molar-refractivity contribution is -0.116. The van der Waals surface area contributed by atoms with Gasteiger partial charge in [-0.05, 0) is 13.1 Å².